The van der Waals surface area contributed by atoms with Gasteiger partial charge in [-0.05, 0) is 23.8 Å². The van der Waals surface area contributed by atoms with Gasteiger partial charge in [-0.1, -0.05) is 28.1 Å². The van der Waals surface area contributed by atoms with E-state index in [-0.39, 0.29) is 5.91 Å². The summed E-state index contributed by atoms with van der Waals surface area (Å²) in [6, 6.07) is 9.91. The van der Waals surface area contributed by atoms with Crippen molar-refractivity contribution >= 4 is 38.7 Å². The topological polar surface area (TPSA) is 65.1 Å². The van der Waals surface area contributed by atoms with Gasteiger partial charge in [0, 0.05) is 36.8 Å². The SMILES string of the molecule is O=C(Cc1cccc(Br)c1)N1CCN(c2ncnc3[nH]ccc23)CC1. The zero-order valence-corrected chi connectivity index (χ0v) is 15.2. The molecule has 1 aliphatic rings. The zero-order valence-electron chi connectivity index (χ0n) is 13.7. The fraction of sp³-hybridized carbons (Fsp3) is 0.278. The van der Waals surface area contributed by atoms with Gasteiger partial charge in [0.1, 0.15) is 17.8 Å². The highest BCUT2D eigenvalue weighted by Gasteiger charge is 2.23. The molecule has 1 aliphatic heterocycles. The van der Waals surface area contributed by atoms with Gasteiger partial charge in [-0.15, -0.1) is 0 Å². The number of amides is 1. The fourth-order valence-corrected chi connectivity index (χ4v) is 3.66. The van der Waals surface area contributed by atoms with E-state index in [1.807, 2.05) is 41.4 Å². The minimum atomic E-state index is 0.173. The Bertz CT molecular complexity index is 901. The van der Waals surface area contributed by atoms with Crippen molar-refractivity contribution in [1.29, 1.82) is 0 Å². The van der Waals surface area contributed by atoms with Gasteiger partial charge in [0.15, 0.2) is 0 Å². The molecule has 0 saturated carbocycles. The first-order valence-electron chi connectivity index (χ1n) is 8.26. The minimum Gasteiger partial charge on any atom is -0.352 e. The van der Waals surface area contributed by atoms with E-state index in [1.54, 1.807) is 6.33 Å². The molecule has 0 spiro atoms. The van der Waals surface area contributed by atoms with Crippen LogP contribution in [0.1, 0.15) is 5.56 Å². The van der Waals surface area contributed by atoms with E-state index in [1.165, 1.54) is 0 Å². The zero-order chi connectivity index (χ0) is 17.2. The number of nitrogens with zero attached hydrogens (tertiary/aromatic N) is 4. The second-order valence-corrected chi connectivity index (χ2v) is 7.03. The minimum absolute atomic E-state index is 0.173. The van der Waals surface area contributed by atoms with Crippen LogP contribution in [0.15, 0.2) is 47.3 Å². The van der Waals surface area contributed by atoms with E-state index in [0.29, 0.717) is 19.5 Å². The first-order valence-corrected chi connectivity index (χ1v) is 9.05. The number of benzene rings is 1. The lowest BCUT2D eigenvalue weighted by atomic mass is 10.1. The number of piperazine rings is 1. The maximum Gasteiger partial charge on any atom is 0.227 e. The average molecular weight is 400 g/mol. The molecule has 128 valence electrons. The third-order valence-electron chi connectivity index (χ3n) is 4.51. The van der Waals surface area contributed by atoms with Gasteiger partial charge in [0.2, 0.25) is 5.91 Å². The first-order chi connectivity index (χ1) is 12.2. The van der Waals surface area contributed by atoms with Gasteiger partial charge < -0.3 is 14.8 Å². The van der Waals surface area contributed by atoms with Crippen LogP contribution in [-0.4, -0.2) is 51.9 Å². The van der Waals surface area contributed by atoms with Gasteiger partial charge >= 0.3 is 0 Å². The predicted octanol–water partition coefficient (Wildman–Crippen LogP) is 2.61. The van der Waals surface area contributed by atoms with Crippen molar-refractivity contribution in [2.75, 3.05) is 31.1 Å². The predicted molar refractivity (Wildman–Crippen MR) is 101 cm³/mol. The molecule has 4 rings (SSSR count). The number of nitrogens with one attached hydrogen (secondary N) is 1. The van der Waals surface area contributed by atoms with Crippen molar-refractivity contribution in [3.8, 4) is 0 Å². The summed E-state index contributed by atoms with van der Waals surface area (Å²) in [6.07, 6.45) is 3.90. The Labute approximate surface area is 154 Å². The van der Waals surface area contributed by atoms with E-state index in [9.17, 15) is 4.79 Å². The number of rotatable bonds is 3. The second kappa shape index (κ2) is 6.84. The Morgan fingerprint density at radius 3 is 2.80 bits per heavy atom. The van der Waals surface area contributed by atoms with Crippen LogP contribution in [0.5, 0.6) is 0 Å². The lowest BCUT2D eigenvalue weighted by molar-refractivity contribution is -0.130. The molecule has 6 nitrogen and oxygen atoms in total. The normalized spacial score (nSPS) is 14.9. The van der Waals surface area contributed by atoms with Gasteiger partial charge in [-0.2, -0.15) is 0 Å². The van der Waals surface area contributed by atoms with Crippen LogP contribution in [0.2, 0.25) is 0 Å². The van der Waals surface area contributed by atoms with Crippen LogP contribution in [-0.2, 0) is 11.2 Å². The largest absolute Gasteiger partial charge is 0.352 e. The lowest BCUT2D eigenvalue weighted by Crippen LogP contribution is -2.49. The van der Waals surface area contributed by atoms with Crippen LogP contribution in [0.25, 0.3) is 11.0 Å². The summed E-state index contributed by atoms with van der Waals surface area (Å²) < 4.78 is 1.00. The molecule has 0 bridgehead atoms. The van der Waals surface area contributed by atoms with Crippen molar-refractivity contribution < 1.29 is 4.79 Å². The highest BCUT2D eigenvalue weighted by molar-refractivity contribution is 9.10. The summed E-state index contributed by atoms with van der Waals surface area (Å²) >= 11 is 3.45. The summed E-state index contributed by atoms with van der Waals surface area (Å²) in [5, 5.41) is 1.02. The maximum atomic E-state index is 12.6. The number of hydrogen-bond donors (Lipinski definition) is 1. The monoisotopic (exact) mass is 399 g/mol. The number of aromatic nitrogens is 3. The van der Waals surface area contributed by atoms with Crippen molar-refractivity contribution in [2.24, 2.45) is 0 Å². The molecule has 3 heterocycles. The van der Waals surface area contributed by atoms with Crippen LogP contribution in [0.3, 0.4) is 0 Å². The Morgan fingerprint density at radius 2 is 2.00 bits per heavy atom. The van der Waals surface area contributed by atoms with E-state index in [4.69, 9.17) is 0 Å². The average Bonchev–Trinajstić information content (AvgIpc) is 3.10. The molecule has 1 N–H and O–H groups in total. The van der Waals surface area contributed by atoms with Crippen molar-refractivity contribution in [2.45, 2.75) is 6.42 Å². The molecule has 0 aliphatic carbocycles. The number of H-pyrrole nitrogens is 1. The molecule has 1 amide bonds. The van der Waals surface area contributed by atoms with Crippen molar-refractivity contribution in [1.82, 2.24) is 19.9 Å². The molecule has 2 aromatic heterocycles. The van der Waals surface area contributed by atoms with Gasteiger partial charge in [-0.25, -0.2) is 9.97 Å². The van der Waals surface area contributed by atoms with Crippen LogP contribution < -0.4 is 4.90 Å². The fourth-order valence-electron chi connectivity index (χ4n) is 3.21. The standard InChI is InChI=1S/C18H18BrN5O/c19-14-3-1-2-13(10-14)11-16(25)23-6-8-24(9-7-23)18-15-4-5-20-17(15)21-12-22-18/h1-5,10,12H,6-9,11H2,(H,20,21,22). The molecular weight excluding hydrogens is 382 g/mol. The van der Waals surface area contributed by atoms with E-state index in [2.05, 4.69) is 35.8 Å². The molecular formula is C18H18BrN5O. The molecule has 0 radical (unpaired) electrons. The van der Waals surface area contributed by atoms with Crippen LogP contribution >= 0.6 is 15.9 Å². The summed E-state index contributed by atoms with van der Waals surface area (Å²) in [5.41, 5.74) is 1.88. The second-order valence-electron chi connectivity index (χ2n) is 6.11. The Balaban J connectivity index is 1.41. The van der Waals surface area contributed by atoms with Crippen molar-refractivity contribution in [3.05, 3.63) is 52.9 Å². The lowest BCUT2D eigenvalue weighted by Gasteiger charge is -2.35. The van der Waals surface area contributed by atoms with Crippen LogP contribution in [0.4, 0.5) is 5.82 Å². The molecule has 0 atom stereocenters. The van der Waals surface area contributed by atoms with Crippen molar-refractivity contribution in [3.63, 3.8) is 0 Å². The van der Waals surface area contributed by atoms with Gasteiger partial charge in [0.05, 0.1) is 11.8 Å². The number of halogens is 1. The third kappa shape index (κ3) is 3.37. The molecule has 25 heavy (non-hydrogen) atoms. The molecule has 1 aromatic carbocycles. The molecule has 1 saturated heterocycles. The quantitative estimate of drug-likeness (QED) is 0.734. The van der Waals surface area contributed by atoms with E-state index in [0.717, 1.165) is 40.0 Å². The smallest absolute Gasteiger partial charge is 0.227 e. The molecule has 0 unspecified atom stereocenters. The summed E-state index contributed by atoms with van der Waals surface area (Å²) in [6.45, 7) is 2.98. The van der Waals surface area contributed by atoms with Gasteiger partial charge in [0.25, 0.3) is 0 Å². The van der Waals surface area contributed by atoms with E-state index >= 15 is 0 Å². The Hall–Kier alpha value is -2.41. The highest BCUT2D eigenvalue weighted by Crippen LogP contribution is 2.23. The number of carbonyl (C=O) groups excluding carboxylic acids is 1. The van der Waals surface area contributed by atoms with Gasteiger partial charge in [-0.3, -0.25) is 4.79 Å². The summed E-state index contributed by atoms with van der Waals surface area (Å²) in [7, 11) is 0. The number of aromatic amines is 1. The maximum absolute atomic E-state index is 12.6. The summed E-state index contributed by atoms with van der Waals surface area (Å²) in [5.74, 6) is 1.11. The van der Waals surface area contributed by atoms with Crippen LogP contribution in [0, 0.1) is 0 Å². The Kier molecular flexibility index (Phi) is 4.40. The molecule has 1 fully saturated rings. The molecule has 3 aromatic rings. The highest BCUT2D eigenvalue weighted by atomic mass is 79.9. The molecule has 7 heteroatoms. The number of hydrogen-bond acceptors (Lipinski definition) is 4. The van der Waals surface area contributed by atoms with E-state index < -0.39 is 0 Å². The third-order valence-corrected chi connectivity index (χ3v) is 5.00. The Morgan fingerprint density at radius 1 is 1.16 bits per heavy atom. The number of fused-ring (bicyclic) bond motifs is 1. The number of carbonyl (C=O) groups is 1. The number of anilines is 1. The first kappa shape index (κ1) is 16.1. The summed E-state index contributed by atoms with van der Waals surface area (Å²) in [4.78, 5) is 28.5.